The molecule has 0 saturated heterocycles. The van der Waals surface area contributed by atoms with E-state index in [1.807, 2.05) is 31.2 Å². The second-order valence-electron chi connectivity index (χ2n) is 9.95. The van der Waals surface area contributed by atoms with E-state index in [2.05, 4.69) is 17.2 Å². The summed E-state index contributed by atoms with van der Waals surface area (Å²) in [6.07, 6.45) is 0.823. The quantitative estimate of drug-likeness (QED) is 0.276. The number of hydrogen-bond donors (Lipinski definition) is 3. The van der Waals surface area contributed by atoms with Crippen LogP contribution in [0.15, 0.2) is 61.2 Å². The molecule has 4 N–H and O–H groups in total. The number of nitrogens with two attached hydrogens (primary N) is 1. The second-order valence-corrected chi connectivity index (χ2v) is 9.95. The molecule has 0 bridgehead atoms. The second kappa shape index (κ2) is 14.8. The molecule has 39 heavy (non-hydrogen) atoms. The van der Waals surface area contributed by atoms with Crippen molar-refractivity contribution in [2.75, 3.05) is 13.2 Å². The number of imide groups is 1. The first-order valence-corrected chi connectivity index (χ1v) is 12.5. The number of carbonyl (C=O) groups is 4. The van der Waals surface area contributed by atoms with Gasteiger partial charge in [0.05, 0.1) is 18.8 Å². The highest BCUT2D eigenvalue weighted by molar-refractivity contribution is 6.01. The number of nitrogens with one attached hydrogen (secondary N) is 2. The Hall–Kier alpha value is -4.02. The van der Waals surface area contributed by atoms with Gasteiger partial charge in [-0.1, -0.05) is 54.6 Å². The van der Waals surface area contributed by atoms with Crippen LogP contribution in [-0.4, -0.2) is 54.8 Å². The van der Waals surface area contributed by atoms with Crippen LogP contribution in [-0.2, 0) is 36.8 Å². The Labute approximate surface area is 228 Å². The van der Waals surface area contributed by atoms with E-state index in [9.17, 15) is 19.2 Å². The number of alkyl carbamates (subject to hydrolysis) is 1. The number of aryl methyl sites for hydroxylation is 1. The van der Waals surface area contributed by atoms with Crippen molar-refractivity contribution in [3.8, 4) is 0 Å². The van der Waals surface area contributed by atoms with Crippen LogP contribution in [0.5, 0.6) is 0 Å². The van der Waals surface area contributed by atoms with Crippen LogP contribution in [0.2, 0.25) is 0 Å². The van der Waals surface area contributed by atoms with E-state index in [0.717, 1.165) is 11.1 Å². The molecule has 2 aromatic rings. The van der Waals surface area contributed by atoms with E-state index in [4.69, 9.17) is 19.9 Å². The van der Waals surface area contributed by atoms with Gasteiger partial charge in [-0.2, -0.15) is 0 Å². The SMILES string of the molecule is C=CCOC(=O)c1cccc(COCC(N)C(=O)NC(=O)C(Cc2cccc(C)c2)NC(=O)OC(C)(C)C)c1. The lowest BCUT2D eigenvalue weighted by molar-refractivity contribution is -0.133. The minimum atomic E-state index is -1.16. The summed E-state index contributed by atoms with van der Waals surface area (Å²) in [4.78, 5) is 50.0. The van der Waals surface area contributed by atoms with Crippen molar-refractivity contribution < 1.29 is 33.4 Å². The summed E-state index contributed by atoms with van der Waals surface area (Å²) in [5.41, 5.74) is 7.97. The average Bonchev–Trinajstić information content (AvgIpc) is 2.85. The summed E-state index contributed by atoms with van der Waals surface area (Å²) in [5, 5.41) is 4.79. The van der Waals surface area contributed by atoms with Crippen molar-refractivity contribution in [2.45, 2.75) is 58.4 Å². The Morgan fingerprint density at radius 3 is 2.38 bits per heavy atom. The first-order chi connectivity index (χ1) is 18.4. The molecule has 210 valence electrons. The Bertz CT molecular complexity index is 1170. The minimum Gasteiger partial charge on any atom is -0.458 e. The number of esters is 1. The number of hydrogen-bond acceptors (Lipinski definition) is 8. The molecule has 0 saturated carbocycles. The molecule has 0 aromatic heterocycles. The smallest absolute Gasteiger partial charge is 0.408 e. The maximum Gasteiger partial charge on any atom is 0.408 e. The highest BCUT2D eigenvalue weighted by Gasteiger charge is 2.27. The number of benzene rings is 2. The van der Waals surface area contributed by atoms with Gasteiger partial charge in [0.15, 0.2) is 0 Å². The molecule has 0 spiro atoms. The van der Waals surface area contributed by atoms with Gasteiger partial charge in [0.25, 0.3) is 0 Å². The molecule has 2 unspecified atom stereocenters. The third kappa shape index (κ3) is 11.5. The number of ether oxygens (including phenoxy) is 3. The Morgan fingerprint density at radius 2 is 1.72 bits per heavy atom. The van der Waals surface area contributed by atoms with Gasteiger partial charge in [0, 0.05) is 6.42 Å². The van der Waals surface area contributed by atoms with E-state index in [1.54, 1.807) is 45.0 Å². The van der Waals surface area contributed by atoms with Gasteiger partial charge in [-0.05, 0) is 51.0 Å². The molecular formula is C29H37N3O7. The fourth-order valence-corrected chi connectivity index (χ4v) is 3.42. The van der Waals surface area contributed by atoms with E-state index >= 15 is 0 Å². The topological polar surface area (TPSA) is 146 Å². The summed E-state index contributed by atoms with van der Waals surface area (Å²) in [7, 11) is 0. The van der Waals surface area contributed by atoms with E-state index in [1.165, 1.54) is 6.08 Å². The molecule has 10 heteroatoms. The Kier molecular flexibility index (Phi) is 11.8. The van der Waals surface area contributed by atoms with Gasteiger partial charge in [-0.3, -0.25) is 14.9 Å². The zero-order valence-corrected chi connectivity index (χ0v) is 22.8. The van der Waals surface area contributed by atoms with Gasteiger partial charge in [-0.25, -0.2) is 9.59 Å². The van der Waals surface area contributed by atoms with Crippen molar-refractivity contribution >= 4 is 23.9 Å². The third-order valence-corrected chi connectivity index (χ3v) is 5.17. The number of amides is 3. The zero-order valence-electron chi connectivity index (χ0n) is 22.8. The molecule has 0 aliphatic rings. The molecule has 0 aliphatic heterocycles. The van der Waals surface area contributed by atoms with Crippen LogP contribution in [0.25, 0.3) is 0 Å². The molecule has 0 aliphatic carbocycles. The van der Waals surface area contributed by atoms with Gasteiger partial charge < -0.3 is 25.3 Å². The maximum atomic E-state index is 13.0. The van der Waals surface area contributed by atoms with Crippen molar-refractivity contribution in [3.05, 3.63) is 83.4 Å². The van der Waals surface area contributed by atoms with Gasteiger partial charge in [0.1, 0.15) is 24.3 Å². The normalized spacial score (nSPS) is 12.5. The number of rotatable bonds is 12. The van der Waals surface area contributed by atoms with Gasteiger partial charge in [-0.15, -0.1) is 0 Å². The highest BCUT2D eigenvalue weighted by atomic mass is 16.6. The molecule has 0 fully saturated rings. The molecule has 3 amide bonds. The van der Waals surface area contributed by atoms with Crippen molar-refractivity contribution in [1.82, 2.24) is 10.6 Å². The van der Waals surface area contributed by atoms with Crippen molar-refractivity contribution in [1.29, 1.82) is 0 Å². The largest absolute Gasteiger partial charge is 0.458 e. The zero-order chi connectivity index (χ0) is 29.0. The van der Waals surface area contributed by atoms with Crippen LogP contribution >= 0.6 is 0 Å². The highest BCUT2D eigenvalue weighted by Crippen LogP contribution is 2.11. The summed E-state index contributed by atoms with van der Waals surface area (Å²) < 4.78 is 15.8. The van der Waals surface area contributed by atoms with Crippen LogP contribution in [0, 0.1) is 6.92 Å². The Balaban J connectivity index is 1.96. The summed E-state index contributed by atoms with van der Waals surface area (Å²) in [6.45, 7) is 10.5. The van der Waals surface area contributed by atoms with Crippen LogP contribution in [0.3, 0.4) is 0 Å². The van der Waals surface area contributed by atoms with Crippen LogP contribution in [0.4, 0.5) is 4.79 Å². The van der Waals surface area contributed by atoms with E-state index < -0.39 is 41.6 Å². The van der Waals surface area contributed by atoms with Crippen LogP contribution in [0.1, 0.15) is 47.8 Å². The fourth-order valence-electron chi connectivity index (χ4n) is 3.42. The first kappa shape index (κ1) is 31.2. The molecule has 2 rings (SSSR count). The number of carbonyl (C=O) groups excluding carboxylic acids is 4. The lowest BCUT2D eigenvalue weighted by Crippen LogP contribution is -2.54. The standard InChI is InChI=1S/C29H37N3O7/c1-6-13-38-27(35)22-12-8-11-21(15-22)17-37-18-23(30)25(33)32-26(34)24(31-28(36)39-29(3,4)5)16-20-10-7-9-19(2)14-20/h6-12,14-15,23-24H,1,13,16-18,30H2,2-5H3,(H,31,36)(H,32,33,34). The van der Waals surface area contributed by atoms with E-state index in [-0.39, 0.29) is 26.2 Å². The van der Waals surface area contributed by atoms with Crippen molar-refractivity contribution in [2.24, 2.45) is 5.73 Å². The summed E-state index contributed by atoms with van der Waals surface area (Å²) >= 11 is 0. The molecule has 10 nitrogen and oxygen atoms in total. The van der Waals surface area contributed by atoms with Gasteiger partial charge in [0.2, 0.25) is 11.8 Å². The predicted molar refractivity (Wildman–Crippen MR) is 146 cm³/mol. The molecular weight excluding hydrogens is 502 g/mol. The van der Waals surface area contributed by atoms with E-state index in [0.29, 0.717) is 11.1 Å². The average molecular weight is 540 g/mol. The predicted octanol–water partition coefficient (Wildman–Crippen LogP) is 2.96. The van der Waals surface area contributed by atoms with Crippen LogP contribution < -0.4 is 16.4 Å². The monoisotopic (exact) mass is 539 g/mol. The molecule has 2 aromatic carbocycles. The minimum absolute atomic E-state index is 0.0771. The molecule has 0 radical (unpaired) electrons. The maximum absolute atomic E-state index is 13.0. The summed E-state index contributed by atoms with van der Waals surface area (Å²) in [5.74, 6) is -1.98. The first-order valence-electron chi connectivity index (χ1n) is 12.5. The molecule has 0 heterocycles. The molecule has 2 atom stereocenters. The summed E-state index contributed by atoms with van der Waals surface area (Å²) in [6, 6.07) is 11.9. The fraction of sp³-hybridized carbons (Fsp3) is 0.379. The van der Waals surface area contributed by atoms with Gasteiger partial charge >= 0.3 is 12.1 Å². The lowest BCUT2D eigenvalue weighted by atomic mass is 10.0. The Morgan fingerprint density at radius 1 is 1.03 bits per heavy atom. The van der Waals surface area contributed by atoms with Crippen molar-refractivity contribution in [3.63, 3.8) is 0 Å². The third-order valence-electron chi connectivity index (χ3n) is 5.17. The lowest BCUT2D eigenvalue weighted by Gasteiger charge is -2.23.